The number of nitrogens with one attached hydrogen (secondary N) is 1. The Kier molecular flexibility index (Phi) is 4.58. The molecule has 5 heteroatoms. The first kappa shape index (κ1) is 13.7. The van der Waals surface area contributed by atoms with Gasteiger partial charge in [0, 0.05) is 0 Å². The number of carbonyl (C=O) groups is 2. The van der Waals surface area contributed by atoms with E-state index in [1.807, 2.05) is 0 Å². The van der Waals surface area contributed by atoms with Gasteiger partial charge in [-0.25, -0.2) is 4.79 Å². The second-order valence-corrected chi connectivity index (χ2v) is 4.77. The lowest BCUT2D eigenvalue weighted by atomic mass is 10.0. The van der Waals surface area contributed by atoms with E-state index in [4.69, 9.17) is 10.5 Å². The summed E-state index contributed by atoms with van der Waals surface area (Å²) in [6.45, 7) is 8.85. The number of rotatable bonds is 3. The molecular weight excluding hydrogens is 196 g/mol. The second kappa shape index (κ2) is 5.00. The molecule has 0 heterocycles. The molecule has 5 nitrogen and oxygen atoms in total. The van der Waals surface area contributed by atoms with Crippen LogP contribution in [0.15, 0.2) is 0 Å². The number of carbonyl (C=O) groups excluding carboxylic acids is 2. The van der Waals surface area contributed by atoms with Gasteiger partial charge in [-0.15, -0.1) is 0 Å². The third-order valence-electron chi connectivity index (χ3n) is 1.65. The van der Waals surface area contributed by atoms with Crippen LogP contribution >= 0.6 is 0 Å². The molecule has 0 aromatic heterocycles. The van der Waals surface area contributed by atoms with E-state index in [-0.39, 0.29) is 5.92 Å². The summed E-state index contributed by atoms with van der Waals surface area (Å²) in [7, 11) is 0. The molecule has 0 radical (unpaired) electrons. The van der Waals surface area contributed by atoms with Crippen LogP contribution in [0, 0.1) is 5.92 Å². The van der Waals surface area contributed by atoms with Gasteiger partial charge in [-0.3, -0.25) is 4.79 Å². The molecule has 15 heavy (non-hydrogen) atoms. The van der Waals surface area contributed by atoms with E-state index in [1.54, 1.807) is 34.6 Å². The minimum atomic E-state index is -0.695. The van der Waals surface area contributed by atoms with Crippen molar-refractivity contribution in [3.8, 4) is 0 Å². The minimum absolute atomic E-state index is 0.0602. The van der Waals surface area contributed by atoms with Gasteiger partial charge in [0.1, 0.15) is 11.6 Å². The van der Waals surface area contributed by atoms with Crippen LogP contribution in [0.3, 0.4) is 0 Å². The van der Waals surface area contributed by atoms with Crippen molar-refractivity contribution in [1.29, 1.82) is 0 Å². The van der Waals surface area contributed by atoms with E-state index in [0.29, 0.717) is 0 Å². The summed E-state index contributed by atoms with van der Waals surface area (Å²) in [6, 6.07) is -0.695. The molecule has 0 bridgehead atoms. The highest BCUT2D eigenvalue weighted by Gasteiger charge is 2.24. The maximum Gasteiger partial charge on any atom is 0.408 e. The van der Waals surface area contributed by atoms with Crippen molar-refractivity contribution in [2.45, 2.75) is 46.3 Å². The fourth-order valence-electron chi connectivity index (χ4n) is 1.00. The third-order valence-corrected chi connectivity index (χ3v) is 1.65. The lowest BCUT2D eigenvalue weighted by Gasteiger charge is -2.23. The van der Waals surface area contributed by atoms with Crippen molar-refractivity contribution in [2.75, 3.05) is 0 Å². The van der Waals surface area contributed by atoms with Gasteiger partial charge in [0.05, 0.1) is 0 Å². The zero-order valence-electron chi connectivity index (χ0n) is 9.96. The Morgan fingerprint density at radius 2 is 1.73 bits per heavy atom. The van der Waals surface area contributed by atoms with Crippen molar-refractivity contribution >= 4 is 12.0 Å². The maximum absolute atomic E-state index is 11.3. The first-order chi connectivity index (χ1) is 6.63. The molecule has 0 aliphatic carbocycles. The molecule has 0 aromatic rings. The highest BCUT2D eigenvalue weighted by molar-refractivity contribution is 5.84. The number of alkyl carbamates (subject to hydrolysis) is 1. The van der Waals surface area contributed by atoms with Gasteiger partial charge in [0.15, 0.2) is 0 Å². The molecule has 2 amide bonds. The molecule has 0 rings (SSSR count). The van der Waals surface area contributed by atoms with Gasteiger partial charge in [-0.1, -0.05) is 13.8 Å². The predicted molar refractivity (Wildman–Crippen MR) is 57.2 cm³/mol. The quantitative estimate of drug-likeness (QED) is 0.739. The van der Waals surface area contributed by atoms with Crippen LogP contribution in [0.2, 0.25) is 0 Å². The summed E-state index contributed by atoms with van der Waals surface area (Å²) >= 11 is 0. The molecule has 1 atom stereocenters. The Morgan fingerprint density at radius 3 is 2.00 bits per heavy atom. The standard InChI is InChI=1S/C10H20N2O3/c1-6(2)7(8(11)13)12-9(14)15-10(3,4)5/h6-7H,1-5H3,(H2,11,13)(H,12,14). The lowest BCUT2D eigenvalue weighted by molar-refractivity contribution is -0.121. The number of hydrogen-bond donors (Lipinski definition) is 2. The maximum atomic E-state index is 11.3. The topological polar surface area (TPSA) is 81.4 Å². The van der Waals surface area contributed by atoms with Crippen molar-refractivity contribution in [2.24, 2.45) is 11.7 Å². The normalized spacial score (nSPS) is 13.5. The van der Waals surface area contributed by atoms with Crippen LogP contribution < -0.4 is 11.1 Å². The largest absolute Gasteiger partial charge is 0.444 e. The molecule has 0 saturated heterocycles. The van der Waals surface area contributed by atoms with Crippen LogP contribution in [0.1, 0.15) is 34.6 Å². The van der Waals surface area contributed by atoms with Crippen molar-refractivity contribution in [3.63, 3.8) is 0 Å². The Labute approximate surface area is 90.4 Å². The van der Waals surface area contributed by atoms with E-state index >= 15 is 0 Å². The van der Waals surface area contributed by atoms with Crippen LogP contribution in [-0.2, 0) is 9.53 Å². The smallest absolute Gasteiger partial charge is 0.408 e. The van der Waals surface area contributed by atoms with Crippen LogP contribution in [0.25, 0.3) is 0 Å². The van der Waals surface area contributed by atoms with Crippen molar-refractivity contribution in [1.82, 2.24) is 5.32 Å². The first-order valence-electron chi connectivity index (χ1n) is 4.92. The number of primary amides is 1. The van der Waals surface area contributed by atoms with Gasteiger partial charge in [-0.2, -0.15) is 0 Å². The summed E-state index contributed by atoms with van der Waals surface area (Å²) in [5, 5.41) is 2.44. The minimum Gasteiger partial charge on any atom is -0.444 e. The molecule has 1 unspecified atom stereocenters. The van der Waals surface area contributed by atoms with Crippen molar-refractivity contribution in [3.05, 3.63) is 0 Å². The zero-order valence-corrected chi connectivity index (χ0v) is 9.96. The summed E-state index contributed by atoms with van der Waals surface area (Å²) < 4.78 is 5.01. The van der Waals surface area contributed by atoms with Gasteiger partial charge >= 0.3 is 6.09 Å². The number of nitrogens with two attached hydrogens (primary N) is 1. The molecule has 0 spiro atoms. The Hall–Kier alpha value is -1.26. The Bertz CT molecular complexity index is 244. The van der Waals surface area contributed by atoms with E-state index in [2.05, 4.69) is 5.32 Å². The molecule has 0 aliphatic rings. The first-order valence-corrected chi connectivity index (χ1v) is 4.92. The summed E-state index contributed by atoms with van der Waals surface area (Å²) in [6.07, 6.45) is -0.625. The molecule has 0 fully saturated rings. The number of amides is 2. The number of hydrogen-bond acceptors (Lipinski definition) is 3. The zero-order chi connectivity index (χ0) is 12.2. The van der Waals surface area contributed by atoms with E-state index < -0.39 is 23.6 Å². The van der Waals surface area contributed by atoms with Crippen LogP contribution in [0.4, 0.5) is 4.79 Å². The average molecular weight is 216 g/mol. The molecule has 0 aliphatic heterocycles. The Morgan fingerprint density at radius 1 is 1.27 bits per heavy atom. The molecule has 3 N–H and O–H groups in total. The highest BCUT2D eigenvalue weighted by Crippen LogP contribution is 2.08. The molecular formula is C10H20N2O3. The highest BCUT2D eigenvalue weighted by atomic mass is 16.6. The van der Waals surface area contributed by atoms with Gasteiger partial charge in [-0.05, 0) is 26.7 Å². The van der Waals surface area contributed by atoms with Gasteiger partial charge < -0.3 is 15.8 Å². The second-order valence-electron chi connectivity index (χ2n) is 4.77. The number of ether oxygens (including phenoxy) is 1. The predicted octanol–water partition coefficient (Wildman–Crippen LogP) is 1.02. The van der Waals surface area contributed by atoms with E-state index in [1.165, 1.54) is 0 Å². The average Bonchev–Trinajstić information content (AvgIpc) is 1.95. The van der Waals surface area contributed by atoms with E-state index in [0.717, 1.165) is 0 Å². The fourth-order valence-corrected chi connectivity index (χ4v) is 1.00. The summed E-state index contributed by atoms with van der Waals surface area (Å²) in [5.41, 5.74) is 4.56. The summed E-state index contributed by atoms with van der Waals surface area (Å²) in [4.78, 5) is 22.3. The van der Waals surface area contributed by atoms with Crippen LogP contribution in [0.5, 0.6) is 0 Å². The molecule has 0 saturated carbocycles. The third kappa shape index (κ3) is 5.93. The SMILES string of the molecule is CC(C)C(NC(=O)OC(C)(C)C)C(N)=O. The fraction of sp³-hybridized carbons (Fsp3) is 0.800. The monoisotopic (exact) mass is 216 g/mol. The van der Waals surface area contributed by atoms with Gasteiger partial charge in [0.2, 0.25) is 5.91 Å². The van der Waals surface area contributed by atoms with Crippen LogP contribution in [-0.4, -0.2) is 23.6 Å². The van der Waals surface area contributed by atoms with Crippen molar-refractivity contribution < 1.29 is 14.3 Å². The van der Waals surface area contributed by atoms with E-state index in [9.17, 15) is 9.59 Å². The Balaban J connectivity index is 4.31. The molecule has 88 valence electrons. The lowest BCUT2D eigenvalue weighted by Crippen LogP contribution is -2.49. The molecule has 0 aromatic carbocycles. The summed E-state index contributed by atoms with van der Waals surface area (Å²) in [5.74, 6) is -0.620. The van der Waals surface area contributed by atoms with Gasteiger partial charge in [0.25, 0.3) is 0 Å².